The summed E-state index contributed by atoms with van der Waals surface area (Å²) in [6, 6.07) is 12.0. The average molecular weight is 338 g/mol. The van der Waals surface area contributed by atoms with Crippen LogP contribution in [-0.4, -0.2) is 10.5 Å². The van der Waals surface area contributed by atoms with Crippen molar-refractivity contribution < 1.29 is 17.4 Å². The minimum atomic E-state index is -4.55. The molecule has 0 unspecified atom stereocenters. The van der Waals surface area contributed by atoms with E-state index in [9.17, 15) is 17.4 Å². The molecule has 1 atom stereocenters. The molecule has 2 aromatic rings. The van der Waals surface area contributed by atoms with Crippen LogP contribution in [0.5, 0.6) is 0 Å². The van der Waals surface area contributed by atoms with Crippen LogP contribution in [0.15, 0.2) is 47.4 Å². The minimum absolute atomic E-state index is 0.382. The lowest BCUT2D eigenvalue weighted by Gasteiger charge is -2.12. The van der Waals surface area contributed by atoms with Crippen molar-refractivity contribution in [3.63, 3.8) is 0 Å². The zero-order valence-electron chi connectivity index (χ0n) is 12.1. The Morgan fingerprint density at radius 1 is 1.17 bits per heavy atom. The van der Waals surface area contributed by atoms with Crippen LogP contribution in [0.1, 0.15) is 16.7 Å². The van der Waals surface area contributed by atoms with Gasteiger partial charge in [-0.05, 0) is 35.9 Å². The van der Waals surface area contributed by atoms with Crippen LogP contribution < -0.4 is 5.32 Å². The molecule has 0 bridgehead atoms. The van der Waals surface area contributed by atoms with Crippen molar-refractivity contribution in [2.75, 3.05) is 11.6 Å². The molecule has 23 heavy (non-hydrogen) atoms. The fourth-order valence-corrected chi connectivity index (χ4v) is 2.52. The summed E-state index contributed by atoms with van der Waals surface area (Å²) >= 11 is 0. The van der Waals surface area contributed by atoms with Gasteiger partial charge in [-0.2, -0.15) is 18.4 Å². The molecule has 3 nitrogen and oxygen atoms in total. The molecule has 1 N–H and O–H groups in total. The van der Waals surface area contributed by atoms with Crippen LogP contribution in [0.25, 0.3) is 0 Å². The monoisotopic (exact) mass is 338 g/mol. The molecule has 0 aliphatic carbocycles. The SMILES string of the molecule is C[S@@](=O)c1ccc(CNc2ccc(C(F)(F)F)c(C#N)c2)cc1. The third-order valence-electron chi connectivity index (χ3n) is 3.20. The quantitative estimate of drug-likeness (QED) is 0.919. The topological polar surface area (TPSA) is 52.9 Å². The first-order chi connectivity index (χ1) is 10.8. The van der Waals surface area contributed by atoms with Gasteiger partial charge in [0.15, 0.2) is 0 Å². The molecule has 0 fully saturated rings. The lowest BCUT2D eigenvalue weighted by atomic mass is 10.1. The van der Waals surface area contributed by atoms with Crippen molar-refractivity contribution in [2.45, 2.75) is 17.6 Å². The second-order valence-electron chi connectivity index (χ2n) is 4.82. The summed E-state index contributed by atoms with van der Waals surface area (Å²) in [5.41, 5.74) is -0.0464. The van der Waals surface area contributed by atoms with Gasteiger partial charge in [0.25, 0.3) is 0 Å². The highest BCUT2D eigenvalue weighted by Gasteiger charge is 2.33. The van der Waals surface area contributed by atoms with Gasteiger partial charge in [-0.3, -0.25) is 4.21 Å². The summed E-state index contributed by atoms with van der Waals surface area (Å²) in [4.78, 5) is 0.704. The maximum Gasteiger partial charge on any atom is 0.417 e. The largest absolute Gasteiger partial charge is 0.417 e. The van der Waals surface area contributed by atoms with Gasteiger partial charge in [-0.1, -0.05) is 12.1 Å². The fraction of sp³-hybridized carbons (Fsp3) is 0.188. The number of nitrogens with zero attached hydrogens (tertiary/aromatic N) is 1. The molecule has 0 radical (unpaired) electrons. The number of rotatable bonds is 4. The maximum atomic E-state index is 12.7. The van der Waals surface area contributed by atoms with Crippen LogP contribution in [0.2, 0.25) is 0 Å². The van der Waals surface area contributed by atoms with E-state index in [1.165, 1.54) is 12.1 Å². The van der Waals surface area contributed by atoms with Crippen molar-refractivity contribution >= 4 is 16.5 Å². The number of benzene rings is 2. The van der Waals surface area contributed by atoms with Gasteiger partial charge in [0.2, 0.25) is 0 Å². The van der Waals surface area contributed by atoms with E-state index in [-0.39, 0.29) is 0 Å². The Morgan fingerprint density at radius 3 is 2.35 bits per heavy atom. The molecule has 0 heterocycles. The standard InChI is InChI=1S/C16H13F3N2OS/c1-23(22)14-5-2-11(3-6-14)10-21-13-4-7-15(16(17,18)19)12(8-13)9-20/h2-8,21H,10H2,1H3/t23-/m1/s1. The molecule has 2 rings (SSSR count). The van der Waals surface area contributed by atoms with E-state index in [4.69, 9.17) is 5.26 Å². The highest BCUT2D eigenvalue weighted by Crippen LogP contribution is 2.33. The van der Waals surface area contributed by atoms with E-state index in [2.05, 4.69) is 5.32 Å². The molecule has 0 aromatic heterocycles. The summed E-state index contributed by atoms with van der Waals surface area (Å²) in [6.07, 6.45) is -2.96. The lowest BCUT2D eigenvalue weighted by Crippen LogP contribution is -2.08. The number of halogens is 3. The predicted molar refractivity (Wildman–Crippen MR) is 82.3 cm³/mol. The van der Waals surface area contributed by atoms with E-state index in [0.29, 0.717) is 17.1 Å². The van der Waals surface area contributed by atoms with Crippen molar-refractivity contribution in [3.8, 4) is 6.07 Å². The Balaban J connectivity index is 2.12. The third kappa shape index (κ3) is 4.33. The summed E-state index contributed by atoms with van der Waals surface area (Å²) in [6.45, 7) is 0.382. The first kappa shape index (κ1) is 17.0. The van der Waals surface area contributed by atoms with Gasteiger partial charge < -0.3 is 5.32 Å². The van der Waals surface area contributed by atoms with Crippen LogP contribution in [0, 0.1) is 11.3 Å². The molecule has 0 aliphatic rings. The van der Waals surface area contributed by atoms with Crippen LogP contribution >= 0.6 is 0 Å². The molecule has 2 aromatic carbocycles. The number of alkyl halides is 3. The Kier molecular flexibility index (Phi) is 5.06. The van der Waals surface area contributed by atoms with Gasteiger partial charge >= 0.3 is 6.18 Å². The second kappa shape index (κ2) is 6.84. The van der Waals surface area contributed by atoms with Crippen molar-refractivity contribution in [2.24, 2.45) is 0 Å². The number of anilines is 1. The van der Waals surface area contributed by atoms with Gasteiger partial charge in [0.05, 0.1) is 17.2 Å². The fourth-order valence-electron chi connectivity index (χ4n) is 2.00. The molecule has 0 saturated heterocycles. The molecular weight excluding hydrogens is 325 g/mol. The zero-order chi connectivity index (χ0) is 17.0. The summed E-state index contributed by atoms with van der Waals surface area (Å²) in [5.74, 6) is 0. The van der Waals surface area contributed by atoms with Gasteiger partial charge in [0, 0.05) is 34.2 Å². The van der Waals surface area contributed by atoms with Crippen molar-refractivity contribution in [1.29, 1.82) is 5.26 Å². The van der Waals surface area contributed by atoms with E-state index in [0.717, 1.165) is 11.6 Å². The minimum Gasteiger partial charge on any atom is -0.381 e. The van der Waals surface area contributed by atoms with E-state index in [1.807, 2.05) is 0 Å². The highest BCUT2D eigenvalue weighted by atomic mass is 32.2. The Bertz CT molecular complexity index is 764. The first-order valence-corrected chi connectivity index (χ1v) is 8.14. The summed E-state index contributed by atoms with van der Waals surface area (Å²) in [7, 11) is -1.06. The molecule has 0 spiro atoms. The lowest BCUT2D eigenvalue weighted by molar-refractivity contribution is -0.137. The van der Waals surface area contributed by atoms with Gasteiger partial charge in [-0.25, -0.2) is 0 Å². The maximum absolute atomic E-state index is 12.7. The predicted octanol–water partition coefficient (Wildman–Crippen LogP) is 3.93. The summed E-state index contributed by atoms with van der Waals surface area (Å²) < 4.78 is 49.5. The van der Waals surface area contributed by atoms with Crippen LogP contribution in [0.3, 0.4) is 0 Å². The van der Waals surface area contributed by atoms with Gasteiger partial charge in [-0.15, -0.1) is 0 Å². The second-order valence-corrected chi connectivity index (χ2v) is 6.20. The zero-order valence-corrected chi connectivity index (χ0v) is 13.0. The average Bonchev–Trinajstić information content (AvgIpc) is 2.52. The number of nitriles is 1. The van der Waals surface area contributed by atoms with E-state index >= 15 is 0 Å². The number of nitrogens with one attached hydrogen (secondary N) is 1. The number of hydrogen-bond donors (Lipinski definition) is 1. The molecule has 0 aliphatic heterocycles. The third-order valence-corrected chi connectivity index (χ3v) is 4.13. The normalized spacial score (nSPS) is 12.5. The molecular formula is C16H13F3N2OS. The Hall–Kier alpha value is -2.33. The van der Waals surface area contributed by atoms with Gasteiger partial charge in [0.1, 0.15) is 0 Å². The smallest absolute Gasteiger partial charge is 0.381 e. The van der Waals surface area contributed by atoms with E-state index < -0.39 is 28.1 Å². The molecule has 7 heteroatoms. The first-order valence-electron chi connectivity index (χ1n) is 6.59. The molecule has 120 valence electrons. The van der Waals surface area contributed by atoms with E-state index in [1.54, 1.807) is 36.6 Å². The Labute approximate surface area is 134 Å². The molecule has 0 saturated carbocycles. The van der Waals surface area contributed by atoms with Crippen molar-refractivity contribution in [3.05, 3.63) is 59.2 Å². The van der Waals surface area contributed by atoms with Crippen molar-refractivity contribution in [1.82, 2.24) is 0 Å². The number of hydrogen-bond acceptors (Lipinski definition) is 3. The highest BCUT2D eigenvalue weighted by molar-refractivity contribution is 7.84. The Morgan fingerprint density at radius 2 is 1.83 bits per heavy atom. The molecule has 0 amide bonds. The summed E-state index contributed by atoms with van der Waals surface area (Å²) in [5, 5.41) is 11.8. The van der Waals surface area contributed by atoms with Crippen LogP contribution in [0.4, 0.5) is 18.9 Å². The van der Waals surface area contributed by atoms with Crippen LogP contribution in [-0.2, 0) is 23.5 Å².